The summed E-state index contributed by atoms with van der Waals surface area (Å²) in [6.07, 6.45) is 0. The highest BCUT2D eigenvalue weighted by atomic mass is 79.9. The molecule has 0 aliphatic carbocycles. The topological polar surface area (TPSA) is 15.3 Å². The van der Waals surface area contributed by atoms with Crippen molar-refractivity contribution < 1.29 is 0 Å². The van der Waals surface area contributed by atoms with Gasteiger partial charge in [0.15, 0.2) is 0 Å². The van der Waals surface area contributed by atoms with Gasteiger partial charge in [0.25, 0.3) is 0 Å². The number of nitrogens with zero attached hydrogens (tertiary/aromatic N) is 1. The molecule has 0 saturated carbocycles. The van der Waals surface area contributed by atoms with Crippen LogP contribution in [0.2, 0.25) is 0 Å². The van der Waals surface area contributed by atoms with E-state index < -0.39 is 0 Å². The molecular formula is C11H15BrN2. The number of halogens is 1. The molecule has 1 aliphatic rings. The van der Waals surface area contributed by atoms with Crippen molar-refractivity contribution >= 4 is 21.6 Å². The van der Waals surface area contributed by atoms with Crippen molar-refractivity contribution in [3.8, 4) is 0 Å². The maximum absolute atomic E-state index is 3.48. The van der Waals surface area contributed by atoms with Crippen molar-refractivity contribution in [2.75, 3.05) is 31.1 Å². The third-order valence-corrected chi connectivity index (χ3v) is 3.19. The van der Waals surface area contributed by atoms with Gasteiger partial charge in [-0.1, -0.05) is 28.1 Å². The minimum absolute atomic E-state index is 0.937. The molecule has 3 heteroatoms. The van der Waals surface area contributed by atoms with Gasteiger partial charge in [-0.05, 0) is 17.7 Å². The third kappa shape index (κ3) is 2.28. The Kier molecular flexibility index (Phi) is 3.43. The molecule has 1 fully saturated rings. The predicted octanol–water partition coefficient (Wildman–Crippen LogP) is 1.99. The van der Waals surface area contributed by atoms with Crippen molar-refractivity contribution in [3.63, 3.8) is 0 Å². The van der Waals surface area contributed by atoms with Crippen LogP contribution in [-0.4, -0.2) is 26.2 Å². The van der Waals surface area contributed by atoms with Crippen molar-refractivity contribution in [2.24, 2.45) is 0 Å². The van der Waals surface area contributed by atoms with E-state index in [-0.39, 0.29) is 0 Å². The van der Waals surface area contributed by atoms with Crippen molar-refractivity contribution in [1.29, 1.82) is 0 Å². The first kappa shape index (κ1) is 9.99. The second kappa shape index (κ2) is 4.80. The van der Waals surface area contributed by atoms with E-state index in [4.69, 9.17) is 0 Å². The van der Waals surface area contributed by atoms with E-state index in [0.29, 0.717) is 0 Å². The van der Waals surface area contributed by atoms with E-state index in [1.807, 2.05) is 0 Å². The van der Waals surface area contributed by atoms with Gasteiger partial charge in [0, 0.05) is 37.2 Å². The Morgan fingerprint density at radius 1 is 1.29 bits per heavy atom. The number of alkyl halides is 1. The first-order valence-electron chi connectivity index (χ1n) is 5.01. The summed E-state index contributed by atoms with van der Waals surface area (Å²) in [6.45, 7) is 4.43. The summed E-state index contributed by atoms with van der Waals surface area (Å²) in [5.41, 5.74) is 2.70. The molecule has 0 aromatic heterocycles. The average molecular weight is 255 g/mol. The normalized spacial score (nSPS) is 17.1. The molecule has 1 heterocycles. The zero-order chi connectivity index (χ0) is 9.80. The fourth-order valence-electron chi connectivity index (χ4n) is 1.76. The smallest absolute Gasteiger partial charge is 0.0370 e. The van der Waals surface area contributed by atoms with Crippen molar-refractivity contribution in [3.05, 3.63) is 29.8 Å². The average Bonchev–Trinajstić information content (AvgIpc) is 2.30. The molecule has 1 aromatic carbocycles. The number of hydrogen-bond donors (Lipinski definition) is 1. The SMILES string of the molecule is BrCc1cccc(N2CCNCC2)c1. The summed E-state index contributed by atoms with van der Waals surface area (Å²) >= 11 is 3.48. The van der Waals surface area contributed by atoms with E-state index in [1.54, 1.807) is 0 Å². The zero-order valence-corrected chi connectivity index (χ0v) is 9.76. The highest BCUT2D eigenvalue weighted by Gasteiger charge is 2.09. The molecule has 0 spiro atoms. The molecule has 1 saturated heterocycles. The molecule has 0 atom stereocenters. The van der Waals surface area contributed by atoms with Crippen LogP contribution in [0, 0.1) is 0 Å². The van der Waals surface area contributed by atoms with E-state index in [1.165, 1.54) is 11.3 Å². The summed E-state index contributed by atoms with van der Waals surface area (Å²) < 4.78 is 0. The van der Waals surface area contributed by atoms with Gasteiger partial charge in [0.2, 0.25) is 0 Å². The molecular weight excluding hydrogens is 240 g/mol. The number of hydrogen-bond acceptors (Lipinski definition) is 2. The van der Waals surface area contributed by atoms with Crippen LogP contribution in [0.1, 0.15) is 5.56 Å². The van der Waals surface area contributed by atoms with E-state index >= 15 is 0 Å². The lowest BCUT2D eigenvalue weighted by atomic mass is 10.2. The van der Waals surface area contributed by atoms with Crippen LogP contribution in [0.3, 0.4) is 0 Å². The van der Waals surface area contributed by atoms with Crippen LogP contribution in [-0.2, 0) is 5.33 Å². The van der Waals surface area contributed by atoms with E-state index in [2.05, 4.69) is 50.4 Å². The summed E-state index contributed by atoms with van der Waals surface area (Å²) in [4.78, 5) is 2.43. The molecule has 0 bridgehead atoms. The van der Waals surface area contributed by atoms with Gasteiger partial charge in [-0.25, -0.2) is 0 Å². The van der Waals surface area contributed by atoms with Crippen LogP contribution in [0.15, 0.2) is 24.3 Å². The van der Waals surface area contributed by atoms with Crippen LogP contribution < -0.4 is 10.2 Å². The largest absolute Gasteiger partial charge is 0.369 e. The van der Waals surface area contributed by atoms with Gasteiger partial charge in [0.1, 0.15) is 0 Å². The predicted molar refractivity (Wildman–Crippen MR) is 64.2 cm³/mol. The van der Waals surface area contributed by atoms with Gasteiger partial charge in [-0.3, -0.25) is 0 Å². The highest BCUT2D eigenvalue weighted by molar-refractivity contribution is 9.08. The highest BCUT2D eigenvalue weighted by Crippen LogP contribution is 2.17. The molecule has 14 heavy (non-hydrogen) atoms. The Morgan fingerprint density at radius 3 is 2.79 bits per heavy atom. The zero-order valence-electron chi connectivity index (χ0n) is 8.17. The fraction of sp³-hybridized carbons (Fsp3) is 0.455. The third-order valence-electron chi connectivity index (χ3n) is 2.55. The number of benzene rings is 1. The summed E-state index contributed by atoms with van der Waals surface area (Å²) in [5.74, 6) is 0. The lowest BCUT2D eigenvalue weighted by Gasteiger charge is -2.29. The molecule has 2 rings (SSSR count). The minimum Gasteiger partial charge on any atom is -0.369 e. The van der Waals surface area contributed by atoms with E-state index in [0.717, 1.165) is 31.5 Å². The molecule has 76 valence electrons. The van der Waals surface area contributed by atoms with Crippen LogP contribution in [0.5, 0.6) is 0 Å². The summed E-state index contributed by atoms with van der Waals surface area (Å²) in [7, 11) is 0. The fourth-order valence-corrected chi connectivity index (χ4v) is 2.11. The Hall–Kier alpha value is -0.540. The second-order valence-electron chi connectivity index (χ2n) is 3.54. The number of rotatable bonds is 2. The first-order valence-corrected chi connectivity index (χ1v) is 6.13. The quantitative estimate of drug-likeness (QED) is 0.813. The van der Waals surface area contributed by atoms with Gasteiger partial charge in [-0.2, -0.15) is 0 Å². The van der Waals surface area contributed by atoms with Crippen molar-refractivity contribution in [1.82, 2.24) is 5.32 Å². The van der Waals surface area contributed by atoms with Gasteiger partial charge in [-0.15, -0.1) is 0 Å². The molecule has 1 aromatic rings. The Labute approximate surface area is 93.4 Å². The number of nitrogens with one attached hydrogen (secondary N) is 1. The summed E-state index contributed by atoms with van der Waals surface area (Å²) in [5, 5.41) is 4.30. The minimum atomic E-state index is 0.937. The molecule has 1 N–H and O–H groups in total. The van der Waals surface area contributed by atoms with Gasteiger partial charge >= 0.3 is 0 Å². The summed E-state index contributed by atoms with van der Waals surface area (Å²) in [6, 6.07) is 8.74. The molecule has 2 nitrogen and oxygen atoms in total. The Balaban J connectivity index is 2.13. The lowest BCUT2D eigenvalue weighted by molar-refractivity contribution is 0.589. The van der Waals surface area contributed by atoms with Crippen LogP contribution in [0.4, 0.5) is 5.69 Å². The monoisotopic (exact) mass is 254 g/mol. The molecule has 0 radical (unpaired) electrons. The Bertz CT molecular complexity index is 295. The maximum Gasteiger partial charge on any atom is 0.0370 e. The van der Waals surface area contributed by atoms with Gasteiger partial charge in [0.05, 0.1) is 0 Å². The van der Waals surface area contributed by atoms with Gasteiger partial charge < -0.3 is 10.2 Å². The Morgan fingerprint density at radius 2 is 2.07 bits per heavy atom. The molecule has 0 unspecified atom stereocenters. The standard InChI is InChI=1S/C11H15BrN2/c12-9-10-2-1-3-11(8-10)14-6-4-13-5-7-14/h1-3,8,13H,4-7,9H2. The lowest BCUT2D eigenvalue weighted by Crippen LogP contribution is -2.43. The van der Waals surface area contributed by atoms with E-state index in [9.17, 15) is 0 Å². The first-order chi connectivity index (χ1) is 6.90. The molecule has 1 aliphatic heterocycles. The maximum atomic E-state index is 3.48. The van der Waals surface area contributed by atoms with Crippen molar-refractivity contribution in [2.45, 2.75) is 5.33 Å². The number of piperazine rings is 1. The van der Waals surface area contributed by atoms with Crippen LogP contribution >= 0.6 is 15.9 Å². The number of anilines is 1. The van der Waals surface area contributed by atoms with Crippen LogP contribution in [0.25, 0.3) is 0 Å². The second-order valence-corrected chi connectivity index (χ2v) is 4.10. The molecule has 0 amide bonds.